The van der Waals surface area contributed by atoms with Crippen molar-refractivity contribution in [2.45, 2.75) is 63.6 Å². The number of carbonyl (C=O) groups is 2. The van der Waals surface area contributed by atoms with Crippen LogP contribution in [-0.4, -0.2) is 50.0 Å². The molecule has 2 aromatic rings. The second-order valence-electron chi connectivity index (χ2n) is 7.52. The second kappa shape index (κ2) is 6.97. The lowest BCUT2D eigenvalue weighted by atomic mass is 9.81. The Kier molecular flexibility index (Phi) is 4.53. The van der Waals surface area contributed by atoms with Crippen molar-refractivity contribution in [3.05, 3.63) is 41.5 Å². The number of carbonyl (C=O) groups excluding carboxylic acids is 2. The van der Waals surface area contributed by atoms with E-state index in [1.807, 2.05) is 36.4 Å². The molecule has 2 aliphatic heterocycles. The summed E-state index contributed by atoms with van der Waals surface area (Å²) < 4.78 is 0. The van der Waals surface area contributed by atoms with Crippen LogP contribution in [0, 0.1) is 6.92 Å². The molecule has 2 aliphatic rings. The van der Waals surface area contributed by atoms with Gasteiger partial charge in [0.15, 0.2) is 0 Å². The summed E-state index contributed by atoms with van der Waals surface area (Å²) in [6.45, 7) is 1.90. The molecule has 2 fully saturated rings. The number of fused-ring (bicyclic) bond motifs is 2. The molecule has 4 rings (SSSR count). The van der Waals surface area contributed by atoms with Crippen LogP contribution in [0.2, 0.25) is 0 Å². The van der Waals surface area contributed by atoms with E-state index in [0.717, 1.165) is 43.4 Å². The first-order chi connectivity index (χ1) is 12.6. The van der Waals surface area contributed by atoms with Crippen molar-refractivity contribution >= 4 is 11.8 Å². The number of aromatic nitrogens is 3. The van der Waals surface area contributed by atoms with Gasteiger partial charge in [0.2, 0.25) is 5.91 Å². The predicted molar refractivity (Wildman–Crippen MR) is 96.6 cm³/mol. The first-order valence-electron chi connectivity index (χ1n) is 9.36. The van der Waals surface area contributed by atoms with Crippen LogP contribution in [0.4, 0.5) is 0 Å². The predicted octanol–water partition coefficient (Wildman–Crippen LogP) is 1.93. The molecule has 2 amide bonds. The van der Waals surface area contributed by atoms with Gasteiger partial charge in [0.25, 0.3) is 5.91 Å². The minimum Gasteiger partial charge on any atom is -0.367 e. The molecule has 2 bridgehead atoms. The van der Waals surface area contributed by atoms with Gasteiger partial charge in [-0.1, -0.05) is 0 Å². The van der Waals surface area contributed by atoms with E-state index in [0.29, 0.717) is 12.1 Å². The summed E-state index contributed by atoms with van der Waals surface area (Å²) in [5.74, 6) is 0.0662. The lowest BCUT2D eigenvalue weighted by Crippen LogP contribution is -2.59. The van der Waals surface area contributed by atoms with Crippen LogP contribution in [0.15, 0.2) is 24.5 Å². The smallest absolute Gasteiger partial charge is 0.274 e. The number of nitrogens with one attached hydrogen (secondary N) is 3. The van der Waals surface area contributed by atoms with Crippen molar-refractivity contribution < 1.29 is 9.59 Å². The minimum absolute atomic E-state index is 0.0150. The van der Waals surface area contributed by atoms with Gasteiger partial charge in [-0.2, -0.15) is 5.10 Å². The van der Waals surface area contributed by atoms with Gasteiger partial charge in [0.1, 0.15) is 5.69 Å². The van der Waals surface area contributed by atoms with Gasteiger partial charge in [-0.3, -0.25) is 14.7 Å². The Hall–Kier alpha value is -2.57. The second-order valence-corrected chi connectivity index (χ2v) is 7.52. The highest BCUT2D eigenvalue weighted by Crippen LogP contribution is 2.35. The number of hydrogen-bond donors (Lipinski definition) is 3. The van der Waals surface area contributed by atoms with E-state index in [2.05, 4.69) is 20.5 Å². The zero-order valence-electron chi connectivity index (χ0n) is 15.0. The molecule has 2 atom stereocenters. The normalized spacial score (nSPS) is 25.1. The third-order valence-electron chi connectivity index (χ3n) is 5.53. The fourth-order valence-electron chi connectivity index (χ4n) is 4.42. The van der Waals surface area contributed by atoms with E-state index in [-0.39, 0.29) is 29.9 Å². The highest BCUT2D eigenvalue weighted by molar-refractivity contribution is 5.93. The van der Waals surface area contributed by atoms with Crippen molar-refractivity contribution in [2.24, 2.45) is 0 Å². The lowest BCUT2D eigenvalue weighted by Gasteiger charge is -2.48. The van der Waals surface area contributed by atoms with Crippen LogP contribution >= 0.6 is 0 Å². The summed E-state index contributed by atoms with van der Waals surface area (Å²) in [5.41, 5.74) is 2.38. The average molecular weight is 355 g/mol. The van der Waals surface area contributed by atoms with E-state index in [1.165, 1.54) is 0 Å². The number of aromatic amines is 2. The Morgan fingerprint density at radius 3 is 2.69 bits per heavy atom. The number of amides is 2. The van der Waals surface area contributed by atoms with Crippen LogP contribution in [0.3, 0.4) is 0 Å². The molecule has 3 N–H and O–H groups in total. The number of H-pyrrole nitrogens is 2. The van der Waals surface area contributed by atoms with Crippen molar-refractivity contribution in [1.29, 1.82) is 0 Å². The molecule has 7 heteroatoms. The van der Waals surface area contributed by atoms with Crippen LogP contribution < -0.4 is 5.32 Å². The van der Waals surface area contributed by atoms with Gasteiger partial charge in [-0.05, 0) is 56.7 Å². The molecule has 26 heavy (non-hydrogen) atoms. The fraction of sp³-hybridized carbons (Fsp3) is 0.526. The quantitative estimate of drug-likeness (QED) is 0.782. The van der Waals surface area contributed by atoms with Crippen LogP contribution in [0.25, 0.3) is 0 Å². The largest absolute Gasteiger partial charge is 0.367 e. The molecule has 0 radical (unpaired) electrons. The third kappa shape index (κ3) is 3.38. The number of aryl methyl sites for hydroxylation is 1. The molecule has 2 unspecified atom stereocenters. The zero-order valence-corrected chi connectivity index (χ0v) is 15.0. The lowest BCUT2D eigenvalue weighted by molar-refractivity contribution is -0.121. The topological polar surface area (TPSA) is 93.9 Å². The highest BCUT2D eigenvalue weighted by atomic mass is 16.2. The summed E-state index contributed by atoms with van der Waals surface area (Å²) in [4.78, 5) is 30.2. The maximum absolute atomic E-state index is 12.9. The summed E-state index contributed by atoms with van der Waals surface area (Å²) in [7, 11) is 0. The van der Waals surface area contributed by atoms with E-state index in [4.69, 9.17) is 0 Å². The Labute approximate surface area is 152 Å². The monoisotopic (exact) mass is 355 g/mol. The van der Waals surface area contributed by atoms with Crippen molar-refractivity contribution in [3.63, 3.8) is 0 Å². The summed E-state index contributed by atoms with van der Waals surface area (Å²) in [6, 6.07) is 4.24. The van der Waals surface area contributed by atoms with Gasteiger partial charge in [-0.25, -0.2) is 0 Å². The Morgan fingerprint density at radius 1 is 1.31 bits per heavy atom. The van der Waals surface area contributed by atoms with E-state index >= 15 is 0 Å². The summed E-state index contributed by atoms with van der Waals surface area (Å²) in [5, 5.41) is 10.2. The summed E-state index contributed by atoms with van der Waals surface area (Å²) >= 11 is 0. The zero-order chi connectivity index (χ0) is 18.1. The first-order valence-corrected chi connectivity index (χ1v) is 9.36. The molecule has 0 aromatic carbocycles. The fourth-order valence-corrected chi connectivity index (χ4v) is 4.42. The minimum atomic E-state index is 0.0150. The van der Waals surface area contributed by atoms with Gasteiger partial charge < -0.3 is 15.2 Å². The third-order valence-corrected chi connectivity index (χ3v) is 5.53. The van der Waals surface area contributed by atoms with E-state index in [1.54, 1.807) is 0 Å². The Bertz CT molecular complexity index is 768. The van der Waals surface area contributed by atoms with Crippen molar-refractivity contribution in [2.75, 3.05) is 0 Å². The standard InChI is InChI=1S/C19H25N5O2/c1-12-7-17(23-22-12)19(26)24-15-3-2-4-16(24)10-14(9-15)21-18(25)8-13-5-6-20-11-13/h5-7,11,14-16,20H,2-4,8-10H2,1H3,(H,21,25)(H,22,23). The van der Waals surface area contributed by atoms with Gasteiger partial charge in [0.05, 0.1) is 6.42 Å². The molecule has 4 heterocycles. The molecule has 0 saturated carbocycles. The molecule has 7 nitrogen and oxygen atoms in total. The number of piperidine rings is 2. The molecule has 138 valence electrons. The first kappa shape index (κ1) is 16.9. The molecular formula is C19H25N5O2. The Balaban J connectivity index is 1.41. The molecule has 0 aliphatic carbocycles. The molecule has 2 saturated heterocycles. The maximum Gasteiger partial charge on any atom is 0.274 e. The average Bonchev–Trinajstić information content (AvgIpc) is 3.25. The van der Waals surface area contributed by atoms with Gasteiger partial charge >= 0.3 is 0 Å². The van der Waals surface area contributed by atoms with Crippen LogP contribution in [0.5, 0.6) is 0 Å². The number of nitrogens with zero attached hydrogens (tertiary/aromatic N) is 2. The molecule has 0 spiro atoms. The summed E-state index contributed by atoms with van der Waals surface area (Å²) in [6.07, 6.45) is 8.85. The number of rotatable bonds is 4. The van der Waals surface area contributed by atoms with E-state index in [9.17, 15) is 9.59 Å². The van der Waals surface area contributed by atoms with Gasteiger partial charge in [0, 0.05) is 36.2 Å². The molecular weight excluding hydrogens is 330 g/mol. The Morgan fingerprint density at radius 2 is 2.08 bits per heavy atom. The van der Waals surface area contributed by atoms with E-state index < -0.39 is 0 Å². The van der Waals surface area contributed by atoms with Crippen molar-refractivity contribution in [1.82, 2.24) is 25.4 Å². The maximum atomic E-state index is 12.9. The highest BCUT2D eigenvalue weighted by Gasteiger charge is 2.41. The number of hydrogen-bond acceptors (Lipinski definition) is 3. The van der Waals surface area contributed by atoms with Crippen LogP contribution in [0.1, 0.15) is 53.8 Å². The SMILES string of the molecule is Cc1cc(C(=O)N2C3CCCC2CC(NC(=O)Cc2cc[nH]c2)C3)n[nH]1. The van der Waals surface area contributed by atoms with Crippen LogP contribution in [-0.2, 0) is 11.2 Å². The van der Waals surface area contributed by atoms with Gasteiger partial charge in [-0.15, -0.1) is 0 Å². The van der Waals surface area contributed by atoms with Crippen molar-refractivity contribution in [3.8, 4) is 0 Å². The molecule has 2 aromatic heterocycles.